The van der Waals surface area contributed by atoms with Crippen molar-refractivity contribution >= 4 is 30.3 Å². The lowest BCUT2D eigenvalue weighted by Crippen LogP contribution is -2.01. The first kappa shape index (κ1) is 11.8. The van der Waals surface area contributed by atoms with Crippen molar-refractivity contribution in [1.82, 2.24) is 0 Å². The average Bonchev–Trinajstić information content (AvgIpc) is 1.83. The van der Waals surface area contributed by atoms with Gasteiger partial charge in [-0.25, -0.2) is 0 Å². The van der Waals surface area contributed by atoms with Gasteiger partial charge in [0, 0.05) is 5.75 Å². The standard InChI is InChI=1S/C4H9NO2S.ClH/c1-7-4(6)2-3-8-5;/h2-3,5H2,1H3;1H. The molecule has 3 nitrogen and oxygen atoms in total. The maximum Gasteiger partial charge on any atom is 0.306 e. The second kappa shape index (κ2) is 8.07. The van der Waals surface area contributed by atoms with Crippen molar-refractivity contribution in [2.75, 3.05) is 12.9 Å². The molecule has 0 spiro atoms. The molecule has 0 bridgehead atoms. The highest BCUT2D eigenvalue weighted by Crippen LogP contribution is 1.91. The molecule has 0 aliphatic rings. The van der Waals surface area contributed by atoms with Gasteiger partial charge in [0.05, 0.1) is 13.5 Å². The molecule has 0 aromatic heterocycles. The molecule has 2 N–H and O–H groups in total. The van der Waals surface area contributed by atoms with Crippen LogP contribution >= 0.6 is 24.4 Å². The molecule has 0 aromatic carbocycles. The molecule has 5 heteroatoms. The molecular weight excluding hydrogens is 162 g/mol. The molecule has 0 amide bonds. The lowest BCUT2D eigenvalue weighted by Gasteiger charge is -1.93. The number of halogens is 1. The minimum absolute atomic E-state index is 0. The first-order valence-electron chi connectivity index (χ1n) is 2.19. The molecule has 0 saturated heterocycles. The van der Waals surface area contributed by atoms with Crippen LogP contribution in [0.2, 0.25) is 0 Å². The van der Waals surface area contributed by atoms with Crippen molar-refractivity contribution in [2.24, 2.45) is 5.14 Å². The number of ether oxygens (including phenoxy) is 1. The van der Waals surface area contributed by atoms with Crippen molar-refractivity contribution in [3.63, 3.8) is 0 Å². The third kappa shape index (κ3) is 8.07. The topological polar surface area (TPSA) is 52.3 Å². The maximum absolute atomic E-state index is 10.3. The van der Waals surface area contributed by atoms with Crippen LogP contribution in [0.5, 0.6) is 0 Å². The van der Waals surface area contributed by atoms with E-state index in [0.29, 0.717) is 12.2 Å². The minimum atomic E-state index is -0.206. The van der Waals surface area contributed by atoms with Gasteiger partial charge in [-0.2, -0.15) is 0 Å². The first-order valence-corrected chi connectivity index (χ1v) is 3.24. The molecule has 0 unspecified atom stereocenters. The van der Waals surface area contributed by atoms with E-state index in [-0.39, 0.29) is 18.4 Å². The molecule has 56 valence electrons. The summed E-state index contributed by atoms with van der Waals surface area (Å²) in [5, 5.41) is 5.04. The number of hydrogen-bond acceptors (Lipinski definition) is 4. The minimum Gasteiger partial charge on any atom is -0.469 e. The monoisotopic (exact) mass is 171 g/mol. The summed E-state index contributed by atoms with van der Waals surface area (Å²) in [6.07, 6.45) is 0.400. The normalized spacial score (nSPS) is 7.78. The molecule has 0 aliphatic carbocycles. The summed E-state index contributed by atoms with van der Waals surface area (Å²) in [6, 6.07) is 0. The molecule has 0 saturated carbocycles. The third-order valence-corrected chi connectivity index (χ3v) is 1.09. The van der Waals surface area contributed by atoms with Crippen molar-refractivity contribution in [1.29, 1.82) is 0 Å². The average molecular weight is 172 g/mol. The van der Waals surface area contributed by atoms with E-state index < -0.39 is 0 Å². The Morgan fingerprint density at radius 3 is 2.67 bits per heavy atom. The number of rotatable bonds is 3. The Morgan fingerprint density at radius 1 is 1.78 bits per heavy atom. The van der Waals surface area contributed by atoms with E-state index in [1.54, 1.807) is 0 Å². The summed E-state index contributed by atoms with van der Waals surface area (Å²) >= 11 is 1.14. The number of esters is 1. The van der Waals surface area contributed by atoms with E-state index >= 15 is 0 Å². The number of hydrogen-bond donors (Lipinski definition) is 1. The predicted octanol–water partition coefficient (Wildman–Crippen LogP) is 0.578. The number of carbonyl (C=O) groups is 1. The zero-order chi connectivity index (χ0) is 6.41. The Morgan fingerprint density at radius 2 is 2.33 bits per heavy atom. The van der Waals surface area contributed by atoms with E-state index in [2.05, 4.69) is 4.74 Å². The molecule has 0 fully saturated rings. The van der Waals surface area contributed by atoms with Crippen molar-refractivity contribution in [3.05, 3.63) is 0 Å². The third-order valence-electron chi connectivity index (χ3n) is 0.652. The molecule has 0 aliphatic heterocycles. The van der Waals surface area contributed by atoms with Gasteiger partial charge in [-0.1, -0.05) is 11.9 Å². The Hall–Kier alpha value is 0.0700. The van der Waals surface area contributed by atoms with E-state index in [0.717, 1.165) is 11.9 Å². The van der Waals surface area contributed by atoms with Gasteiger partial charge < -0.3 is 4.74 Å². The van der Waals surface area contributed by atoms with Crippen LogP contribution in [-0.2, 0) is 9.53 Å². The highest BCUT2D eigenvalue weighted by atomic mass is 35.5. The van der Waals surface area contributed by atoms with Gasteiger partial charge in [-0.05, 0) is 0 Å². The molecule has 0 aromatic rings. The van der Waals surface area contributed by atoms with E-state index in [9.17, 15) is 4.79 Å². The van der Waals surface area contributed by atoms with Gasteiger partial charge in [0.25, 0.3) is 0 Å². The zero-order valence-electron chi connectivity index (χ0n) is 5.12. The van der Waals surface area contributed by atoms with Crippen molar-refractivity contribution in [2.45, 2.75) is 6.42 Å². The van der Waals surface area contributed by atoms with Crippen LogP contribution in [0.3, 0.4) is 0 Å². The Balaban J connectivity index is 0. The number of carbonyl (C=O) groups excluding carboxylic acids is 1. The van der Waals surface area contributed by atoms with E-state index in [1.807, 2.05) is 0 Å². The Labute approximate surface area is 64.9 Å². The molecule has 9 heavy (non-hydrogen) atoms. The number of nitrogens with two attached hydrogens (primary N) is 1. The first-order chi connectivity index (χ1) is 3.81. The second-order valence-corrected chi connectivity index (χ2v) is 1.94. The predicted molar refractivity (Wildman–Crippen MR) is 40.5 cm³/mol. The summed E-state index contributed by atoms with van der Waals surface area (Å²) < 4.78 is 4.34. The molecule has 0 heterocycles. The summed E-state index contributed by atoms with van der Waals surface area (Å²) in [7, 11) is 1.36. The summed E-state index contributed by atoms with van der Waals surface area (Å²) in [5.41, 5.74) is 0. The van der Waals surface area contributed by atoms with Crippen molar-refractivity contribution in [3.8, 4) is 0 Å². The van der Waals surface area contributed by atoms with Crippen LogP contribution in [0, 0.1) is 0 Å². The second-order valence-electron chi connectivity index (χ2n) is 1.20. The van der Waals surface area contributed by atoms with Gasteiger partial charge in [-0.15, -0.1) is 12.4 Å². The summed E-state index contributed by atoms with van der Waals surface area (Å²) in [6.45, 7) is 0. The zero-order valence-corrected chi connectivity index (χ0v) is 6.76. The molecule has 0 radical (unpaired) electrons. The van der Waals surface area contributed by atoms with Crippen LogP contribution in [0.25, 0.3) is 0 Å². The summed E-state index contributed by atoms with van der Waals surface area (Å²) in [5.74, 6) is 0.426. The smallest absolute Gasteiger partial charge is 0.306 e. The van der Waals surface area contributed by atoms with Gasteiger partial charge in [0.15, 0.2) is 0 Å². The van der Waals surface area contributed by atoms with Crippen LogP contribution in [0.15, 0.2) is 0 Å². The summed E-state index contributed by atoms with van der Waals surface area (Å²) in [4.78, 5) is 10.3. The maximum atomic E-state index is 10.3. The van der Waals surface area contributed by atoms with Gasteiger partial charge >= 0.3 is 5.97 Å². The van der Waals surface area contributed by atoms with Crippen LogP contribution in [-0.4, -0.2) is 18.8 Å². The fourth-order valence-electron chi connectivity index (χ4n) is 0.244. The largest absolute Gasteiger partial charge is 0.469 e. The van der Waals surface area contributed by atoms with Crippen LogP contribution < -0.4 is 5.14 Å². The molecule has 0 rings (SSSR count). The SMILES string of the molecule is COC(=O)CCSN.Cl. The van der Waals surface area contributed by atoms with Crippen LogP contribution in [0.1, 0.15) is 6.42 Å². The van der Waals surface area contributed by atoms with E-state index in [4.69, 9.17) is 5.14 Å². The lowest BCUT2D eigenvalue weighted by molar-refractivity contribution is -0.140. The quantitative estimate of drug-likeness (QED) is 0.499. The Bertz CT molecular complexity index is 81.0. The molecule has 0 atom stereocenters. The molecular formula is C4H10ClNO2S. The number of methoxy groups -OCH3 is 1. The van der Waals surface area contributed by atoms with Gasteiger partial charge in [0.1, 0.15) is 0 Å². The highest BCUT2D eigenvalue weighted by molar-refractivity contribution is 7.97. The van der Waals surface area contributed by atoms with Crippen LogP contribution in [0.4, 0.5) is 0 Å². The fraction of sp³-hybridized carbons (Fsp3) is 0.750. The van der Waals surface area contributed by atoms with Crippen molar-refractivity contribution < 1.29 is 9.53 Å². The highest BCUT2D eigenvalue weighted by Gasteiger charge is 1.95. The Kier molecular flexibility index (Phi) is 10.6. The van der Waals surface area contributed by atoms with Gasteiger partial charge in [0.2, 0.25) is 0 Å². The van der Waals surface area contributed by atoms with Gasteiger partial charge in [-0.3, -0.25) is 9.93 Å². The fourth-order valence-corrected chi connectivity index (χ4v) is 0.529. The lowest BCUT2D eigenvalue weighted by atomic mass is 10.5. The van der Waals surface area contributed by atoms with E-state index in [1.165, 1.54) is 7.11 Å².